The van der Waals surface area contributed by atoms with Crippen LogP contribution in [-0.2, 0) is 4.79 Å². The van der Waals surface area contributed by atoms with Crippen LogP contribution in [0.4, 0.5) is 5.69 Å². The maximum absolute atomic E-state index is 12.1. The number of nitrogens with one attached hydrogen (secondary N) is 1. The van der Waals surface area contributed by atoms with E-state index in [2.05, 4.69) is 20.8 Å². The number of methoxy groups -OCH3 is 2. The van der Waals surface area contributed by atoms with Gasteiger partial charge >= 0.3 is 0 Å². The molecule has 8 nitrogen and oxygen atoms in total. The first-order chi connectivity index (χ1) is 12.7. The summed E-state index contributed by atoms with van der Waals surface area (Å²) in [5.74, 6) is 1.06. The van der Waals surface area contributed by atoms with E-state index in [1.807, 2.05) is 24.3 Å². The molecule has 3 rings (SSSR count). The smallest absolute Gasteiger partial charge is 0.248 e. The van der Waals surface area contributed by atoms with Gasteiger partial charge in [-0.05, 0) is 58.5 Å². The van der Waals surface area contributed by atoms with E-state index in [0.29, 0.717) is 17.2 Å². The summed E-state index contributed by atoms with van der Waals surface area (Å²) in [6, 6.07) is 12.6. The van der Waals surface area contributed by atoms with Crippen LogP contribution in [-0.4, -0.2) is 40.3 Å². The molecule has 0 bridgehead atoms. The van der Waals surface area contributed by atoms with Crippen LogP contribution in [0.5, 0.6) is 11.5 Å². The monoisotopic (exact) mass is 351 g/mol. The molecule has 0 saturated carbocycles. The normalized spacial score (nSPS) is 10.7. The molecule has 0 spiro atoms. The number of carbonyl (C=O) groups excluding carboxylic acids is 1. The van der Waals surface area contributed by atoms with Gasteiger partial charge in [0.2, 0.25) is 5.91 Å². The predicted molar refractivity (Wildman–Crippen MR) is 96.4 cm³/mol. The van der Waals surface area contributed by atoms with E-state index in [4.69, 9.17) is 9.47 Å². The van der Waals surface area contributed by atoms with Crippen molar-refractivity contribution in [3.05, 3.63) is 60.4 Å². The third kappa shape index (κ3) is 4.23. The topological polar surface area (TPSA) is 91.2 Å². The van der Waals surface area contributed by atoms with E-state index >= 15 is 0 Å². The minimum absolute atomic E-state index is 0.248. The average molecular weight is 351 g/mol. The molecule has 0 aliphatic carbocycles. The third-order valence-corrected chi connectivity index (χ3v) is 3.55. The molecule has 0 aliphatic heterocycles. The van der Waals surface area contributed by atoms with Crippen molar-refractivity contribution in [1.29, 1.82) is 0 Å². The second kappa shape index (κ2) is 7.93. The summed E-state index contributed by atoms with van der Waals surface area (Å²) in [6.45, 7) is 0. The molecule has 8 heteroatoms. The Balaban J connectivity index is 1.66. The summed E-state index contributed by atoms with van der Waals surface area (Å²) in [4.78, 5) is 12.1. The van der Waals surface area contributed by atoms with Crippen molar-refractivity contribution in [3.63, 3.8) is 0 Å². The Labute approximate surface area is 150 Å². The molecular weight excluding hydrogens is 334 g/mol. The highest BCUT2D eigenvalue weighted by atomic mass is 16.5. The van der Waals surface area contributed by atoms with E-state index in [-0.39, 0.29) is 5.91 Å². The maximum Gasteiger partial charge on any atom is 0.248 e. The van der Waals surface area contributed by atoms with Crippen LogP contribution in [0.25, 0.3) is 11.8 Å². The van der Waals surface area contributed by atoms with Crippen molar-refractivity contribution in [2.24, 2.45) is 0 Å². The SMILES string of the molecule is COc1cc(C=CC(=O)Nc2ccc(-n3cnnn3)cc2)cc(OC)c1. The van der Waals surface area contributed by atoms with Crippen LogP contribution in [0.2, 0.25) is 0 Å². The Hall–Kier alpha value is -3.68. The lowest BCUT2D eigenvalue weighted by atomic mass is 10.2. The number of anilines is 1. The van der Waals surface area contributed by atoms with Crippen molar-refractivity contribution in [1.82, 2.24) is 20.2 Å². The number of rotatable bonds is 6. The maximum atomic E-state index is 12.1. The number of nitrogens with zero attached hydrogens (tertiary/aromatic N) is 4. The summed E-state index contributed by atoms with van der Waals surface area (Å²) in [7, 11) is 3.15. The van der Waals surface area contributed by atoms with Gasteiger partial charge in [-0.1, -0.05) is 0 Å². The average Bonchev–Trinajstić information content (AvgIpc) is 3.21. The lowest BCUT2D eigenvalue weighted by Crippen LogP contribution is -2.07. The van der Waals surface area contributed by atoms with Crippen molar-refractivity contribution < 1.29 is 14.3 Å². The minimum atomic E-state index is -0.248. The van der Waals surface area contributed by atoms with Crippen molar-refractivity contribution in [2.45, 2.75) is 0 Å². The molecule has 2 aromatic carbocycles. The summed E-state index contributed by atoms with van der Waals surface area (Å²) >= 11 is 0. The lowest BCUT2D eigenvalue weighted by Gasteiger charge is -2.06. The first kappa shape index (κ1) is 17.2. The van der Waals surface area contributed by atoms with Crippen molar-refractivity contribution in [3.8, 4) is 17.2 Å². The molecule has 0 radical (unpaired) electrons. The van der Waals surface area contributed by atoms with Gasteiger partial charge in [-0.3, -0.25) is 4.79 Å². The number of amides is 1. The van der Waals surface area contributed by atoms with Gasteiger partial charge in [0.05, 0.1) is 19.9 Å². The summed E-state index contributed by atoms with van der Waals surface area (Å²) in [6.07, 6.45) is 4.64. The van der Waals surface area contributed by atoms with Gasteiger partial charge in [0.25, 0.3) is 0 Å². The first-order valence-electron chi connectivity index (χ1n) is 7.73. The van der Waals surface area contributed by atoms with E-state index < -0.39 is 0 Å². The molecule has 3 aromatic rings. The third-order valence-electron chi connectivity index (χ3n) is 3.55. The molecule has 1 amide bonds. The first-order valence-corrected chi connectivity index (χ1v) is 7.73. The van der Waals surface area contributed by atoms with E-state index in [1.54, 1.807) is 38.5 Å². The molecule has 1 N–H and O–H groups in total. The highest BCUT2D eigenvalue weighted by Gasteiger charge is 2.02. The molecule has 0 aliphatic rings. The van der Waals surface area contributed by atoms with E-state index in [9.17, 15) is 4.79 Å². The molecular formula is C18H17N5O3. The Morgan fingerprint density at radius 1 is 1.08 bits per heavy atom. The van der Waals surface area contributed by atoms with Crippen LogP contribution < -0.4 is 14.8 Å². The second-order valence-electron chi connectivity index (χ2n) is 5.27. The number of ether oxygens (including phenoxy) is 2. The van der Waals surface area contributed by atoms with Crippen molar-refractivity contribution in [2.75, 3.05) is 19.5 Å². The number of tetrazole rings is 1. The van der Waals surface area contributed by atoms with Crippen LogP contribution in [0.15, 0.2) is 54.9 Å². The Morgan fingerprint density at radius 2 is 1.77 bits per heavy atom. The fraction of sp³-hybridized carbons (Fsp3) is 0.111. The number of hydrogen-bond acceptors (Lipinski definition) is 6. The van der Waals surface area contributed by atoms with Gasteiger partial charge in [-0.15, -0.1) is 5.10 Å². The lowest BCUT2D eigenvalue weighted by molar-refractivity contribution is -0.111. The Kier molecular flexibility index (Phi) is 5.23. The predicted octanol–water partition coefficient (Wildman–Crippen LogP) is 2.33. The number of hydrogen-bond donors (Lipinski definition) is 1. The quantitative estimate of drug-likeness (QED) is 0.686. The van der Waals surface area contributed by atoms with Gasteiger partial charge < -0.3 is 14.8 Å². The number of aromatic nitrogens is 4. The second-order valence-corrected chi connectivity index (χ2v) is 5.27. The molecule has 1 heterocycles. The number of benzene rings is 2. The summed E-state index contributed by atoms with van der Waals surface area (Å²) < 4.78 is 12.0. The van der Waals surface area contributed by atoms with Gasteiger partial charge in [-0.2, -0.15) is 0 Å². The molecule has 132 valence electrons. The van der Waals surface area contributed by atoms with Crippen LogP contribution >= 0.6 is 0 Å². The minimum Gasteiger partial charge on any atom is -0.497 e. The molecule has 0 atom stereocenters. The van der Waals surface area contributed by atoms with Gasteiger partial charge in [-0.25, -0.2) is 4.68 Å². The van der Waals surface area contributed by atoms with Crippen LogP contribution in [0.1, 0.15) is 5.56 Å². The fourth-order valence-electron chi connectivity index (χ4n) is 2.26. The number of carbonyl (C=O) groups is 1. The summed E-state index contributed by atoms with van der Waals surface area (Å²) in [5, 5.41) is 13.8. The molecule has 26 heavy (non-hydrogen) atoms. The molecule has 0 saturated heterocycles. The largest absolute Gasteiger partial charge is 0.497 e. The zero-order chi connectivity index (χ0) is 18.4. The zero-order valence-corrected chi connectivity index (χ0v) is 14.3. The fourth-order valence-corrected chi connectivity index (χ4v) is 2.26. The molecule has 0 fully saturated rings. The van der Waals surface area contributed by atoms with Gasteiger partial charge in [0.15, 0.2) is 0 Å². The van der Waals surface area contributed by atoms with Gasteiger partial charge in [0, 0.05) is 17.8 Å². The molecule has 1 aromatic heterocycles. The zero-order valence-electron chi connectivity index (χ0n) is 14.3. The van der Waals surface area contributed by atoms with Crippen LogP contribution in [0, 0.1) is 0 Å². The Bertz CT molecular complexity index is 883. The van der Waals surface area contributed by atoms with E-state index in [0.717, 1.165) is 11.3 Å². The highest BCUT2D eigenvalue weighted by Crippen LogP contribution is 2.23. The Morgan fingerprint density at radius 3 is 2.35 bits per heavy atom. The van der Waals surface area contributed by atoms with Gasteiger partial charge in [0.1, 0.15) is 17.8 Å². The van der Waals surface area contributed by atoms with Crippen LogP contribution in [0.3, 0.4) is 0 Å². The summed E-state index contributed by atoms with van der Waals surface area (Å²) in [5.41, 5.74) is 2.26. The van der Waals surface area contributed by atoms with Crippen molar-refractivity contribution >= 4 is 17.7 Å². The van der Waals surface area contributed by atoms with E-state index in [1.165, 1.54) is 17.1 Å². The molecule has 0 unspecified atom stereocenters. The standard InChI is InChI=1S/C18H17N5O3/c1-25-16-9-13(10-17(11-16)26-2)3-8-18(24)20-14-4-6-15(7-5-14)23-12-19-21-22-23/h3-12H,1-2H3,(H,20,24). The highest BCUT2D eigenvalue weighted by molar-refractivity contribution is 6.02.